The second kappa shape index (κ2) is 13.7. The number of pyridine rings is 2. The molecule has 4 atom stereocenters. The summed E-state index contributed by atoms with van der Waals surface area (Å²) in [6.45, 7) is 5.01. The van der Waals surface area contributed by atoms with E-state index in [2.05, 4.69) is 36.5 Å². The first kappa shape index (κ1) is 31.3. The molecule has 4 heterocycles. The zero-order valence-electron chi connectivity index (χ0n) is 24.6. The van der Waals surface area contributed by atoms with E-state index in [0.717, 1.165) is 0 Å². The van der Waals surface area contributed by atoms with Crippen LogP contribution in [0, 0.1) is 10.1 Å². The number of carbonyl (C=O) groups excluding carboxylic acids is 2. The van der Waals surface area contributed by atoms with Crippen LogP contribution in [-0.2, 0) is 16.1 Å². The lowest BCUT2D eigenvalue weighted by molar-refractivity contribution is -0.384. The molecule has 2 fully saturated rings. The molecule has 2 aromatic heterocycles. The molecule has 232 valence electrons. The molecule has 44 heavy (non-hydrogen) atoms. The molecule has 0 unspecified atom stereocenters. The molecule has 0 spiro atoms. The summed E-state index contributed by atoms with van der Waals surface area (Å²) in [4.78, 5) is 51.0. The van der Waals surface area contributed by atoms with Crippen LogP contribution < -0.4 is 10.6 Å². The van der Waals surface area contributed by atoms with Crippen molar-refractivity contribution < 1.29 is 24.0 Å². The molecule has 14 heteroatoms. The number of nitrogens with one attached hydrogen (secondary N) is 2. The number of aromatic nitrogens is 2. The van der Waals surface area contributed by atoms with Crippen LogP contribution in [0.25, 0.3) is 0 Å². The number of nitro groups is 1. The molecule has 0 saturated carbocycles. The minimum Gasteiger partial charge on any atom is -0.387 e. The standard InChI is InChI=1S/C30H34BrN7O6/c1-18-13-36(14-19(2)44-18)30(40)24-9-21(31)10-26(38(41)42)28(24)35-25-15-37(29(39)20-8-23(32-3)12-33-11-20)16-27(25)43-17-22-6-4-5-7-34-22/h4-12,18-19,25,27,32,35H,13-17H2,1-3H3/t18-,19+,25-,27-/m0/s1. The summed E-state index contributed by atoms with van der Waals surface area (Å²) in [5.74, 6) is -0.617. The van der Waals surface area contributed by atoms with E-state index in [-0.39, 0.29) is 60.7 Å². The Morgan fingerprint density at radius 1 is 1.09 bits per heavy atom. The summed E-state index contributed by atoms with van der Waals surface area (Å²) in [5.41, 5.74) is 1.72. The van der Waals surface area contributed by atoms with Gasteiger partial charge in [-0.3, -0.25) is 29.7 Å². The Kier molecular flexibility index (Phi) is 9.71. The maximum absolute atomic E-state index is 13.9. The van der Waals surface area contributed by atoms with Gasteiger partial charge in [0.1, 0.15) is 5.69 Å². The van der Waals surface area contributed by atoms with E-state index < -0.39 is 17.1 Å². The van der Waals surface area contributed by atoms with Crippen LogP contribution in [0.5, 0.6) is 0 Å². The molecular formula is C30H34BrN7O6. The third-order valence-corrected chi connectivity index (χ3v) is 8.00. The predicted molar refractivity (Wildman–Crippen MR) is 167 cm³/mol. The van der Waals surface area contributed by atoms with Crippen molar-refractivity contribution in [1.29, 1.82) is 0 Å². The van der Waals surface area contributed by atoms with Crippen LogP contribution in [0.15, 0.2) is 59.5 Å². The van der Waals surface area contributed by atoms with E-state index in [1.807, 2.05) is 26.0 Å². The number of morpholine rings is 1. The highest BCUT2D eigenvalue weighted by Gasteiger charge is 2.39. The number of hydrogen-bond acceptors (Lipinski definition) is 10. The highest BCUT2D eigenvalue weighted by molar-refractivity contribution is 9.10. The van der Waals surface area contributed by atoms with E-state index >= 15 is 0 Å². The number of benzene rings is 1. The van der Waals surface area contributed by atoms with E-state index in [9.17, 15) is 19.7 Å². The SMILES string of the molecule is CNc1cncc(C(=O)N2C[C@H](Nc3c(C(=O)N4C[C@@H](C)O[C@@H](C)C4)cc(Br)cc3[N+](=O)[O-])[C@@H](OCc3ccccn3)C2)c1. The van der Waals surface area contributed by atoms with Crippen molar-refractivity contribution >= 4 is 44.8 Å². The van der Waals surface area contributed by atoms with Crippen molar-refractivity contribution in [2.45, 2.75) is 44.8 Å². The second-order valence-electron chi connectivity index (χ2n) is 10.9. The predicted octanol–water partition coefficient (Wildman–Crippen LogP) is 3.96. The number of hydrogen-bond donors (Lipinski definition) is 2. The number of anilines is 2. The molecule has 0 bridgehead atoms. The molecule has 1 aromatic carbocycles. The number of carbonyl (C=O) groups is 2. The van der Waals surface area contributed by atoms with E-state index in [4.69, 9.17) is 9.47 Å². The number of nitro benzene ring substituents is 1. The maximum Gasteiger partial charge on any atom is 0.294 e. The number of halogens is 1. The summed E-state index contributed by atoms with van der Waals surface area (Å²) in [6, 6.07) is 9.55. The Morgan fingerprint density at radius 2 is 1.84 bits per heavy atom. The first-order valence-corrected chi connectivity index (χ1v) is 15.0. The van der Waals surface area contributed by atoms with Gasteiger partial charge in [0, 0.05) is 62.4 Å². The summed E-state index contributed by atoms with van der Waals surface area (Å²) in [5, 5.41) is 18.5. The molecule has 0 aliphatic carbocycles. The van der Waals surface area contributed by atoms with Crippen molar-refractivity contribution in [1.82, 2.24) is 19.8 Å². The van der Waals surface area contributed by atoms with Crippen LogP contribution in [0.3, 0.4) is 0 Å². The number of amides is 2. The largest absolute Gasteiger partial charge is 0.387 e. The molecule has 2 aliphatic heterocycles. The zero-order chi connectivity index (χ0) is 31.4. The minimum absolute atomic E-state index is 0.0691. The highest BCUT2D eigenvalue weighted by Crippen LogP contribution is 2.36. The summed E-state index contributed by atoms with van der Waals surface area (Å²) in [7, 11) is 1.74. The Bertz CT molecular complexity index is 1520. The number of ether oxygens (including phenoxy) is 2. The average molecular weight is 669 g/mol. The smallest absolute Gasteiger partial charge is 0.294 e. The lowest BCUT2D eigenvalue weighted by Gasteiger charge is -2.35. The molecular weight excluding hydrogens is 634 g/mol. The van der Waals surface area contributed by atoms with Gasteiger partial charge in [0.2, 0.25) is 0 Å². The van der Waals surface area contributed by atoms with Gasteiger partial charge < -0.3 is 29.9 Å². The van der Waals surface area contributed by atoms with E-state index in [0.29, 0.717) is 34.5 Å². The lowest BCUT2D eigenvalue weighted by atomic mass is 10.1. The molecule has 5 rings (SSSR count). The zero-order valence-corrected chi connectivity index (χ0v) is 26.2. The molecule has 2 amide bonds. The van der Waals surface area contributed by atoms with E-state index in [1.54, 1.807) is 47.4 Å². The second-order valence-corrected chi connectivity index (χ2v) is 11.8. The van der Waals surface area contributed by atoms with Gasteiger partial charge in [-0.05, 0) is 38.1 Å². The van der Waals surface area contributed by atoms with Crippen molar-refractivity contribution in [3.05, 3.63) is 86.4 Å². The quantitative estimate of drug-likeness (QED) is 0.253. The van der Waals surface area contributed by atoms with Gasteiger partial charge in [0.25, 0.3) is 17.5 Å². The van der Waals surface area contributed by atoms with E-state index in [1.165, 1.54) is 12.3 Å². The van der Waals surface area contributed by atoms with Crippen molar-refractivity contribution in [2.24, 2.45) is 0 Å². The van der Waals surface area contributed by atoms with Gasteiger partial charge in [-0.1, -0.05) is 22.0 Å². The third-order valence-electron chi connectivity index (χ3n) is 7.54. The minimum atomic E-state index is -0.586. The molecule has 13 nitrogen and oxygen atoms in total. The van der Waals surface area contributed by atoms with Gasteiger partial charge in [-0.25, -0.2) is 0 Å². The van der Waals surface area contributed by atoms with Crippen molar-refractivity contribution in [3.8, 4) is 0 Å². The summed E-state index contributed by atoms with van der Waals surface area (Å²) < 4.78 is 12.5. The Morgan fingerprint density at radius 3 is 2.52 bits per heavy atom. The fourth-order valence-corrected chi connectivity index (χ4v) is 6.00. The number of likely N-dealkylation sites (tertiary alicyclic amines) is 1. The number of rotatable bonds is 9. The third kappa shape index (κ3) is 7.14. The Hall–Kier alpha value is -4.14. The van der Waals surface area contributed by atoms with Gasteiger partial charge in [0.15, 0.2) is 0 Å². The Labute approximate surface area is 263 Å². The molecule has 2 N–H and O–H groups in total. The summed E-state index contributed by atoms with van der Waals surface area (Å²) >= 11 is 3.35. The van der Waals surface area contributed by atoms with Gasteiger partial charge >= 0.3 is 0 Å². The maximum atomic E-state index is 13.9. The van der Waals surface area contributed by atoms with Crippen LogP contribution in [0.2, 0.25) is 0 Å². The first-order valence-electron chi connectivity index (χ1n) is 14.3. The molecule has 2 saturated heterocycles. The fraction of sp³-hybridized carbons (Fsp3) is 0.400. The Balaban J connectivity index is 1.47. The normalized spacial score (nSPS) is 21.6. The number of nitrogens with zero attached hydrogens (tertiary/aromatic N) is 5. The summed E-state index contributed by atoms with van der Waals surface area (Å²) in [6.07, 6.45) is 3.83. The monoisotopic (exact) mass is 667 g/mol. The lowest BCUT2D eigenvalue weighted by Crippen LogP contribution is -2.48. The fourth-order valence-electron chi connectivity index (χ4n) is 5.56. The van der Waals surface area contributed by atoms with Crippen molar-refractivity contribution in [3.63, 3.8) is 0 Å². The average Bonchev–Trinajstić information content (AvgIpc) is 3.42. The van der Waals surface area contributed by atoms with Crippen LogP contribution in [0.4, 0.5) is 17.1 Å². The molecule has 3 aromatic rings. The van der Waals surface area contributed by atoms with Crippen LogP contribution in [-0.4, -0.2) is 94.1 Å². The highest BCUT2D eigenvalue weighted by atomic mass is 79.9. The van der Waals surface area contributed by atoms with Crippen LogP contribution in [0.1, 0.15) is 40.3 Å². The van der Waals surface area contributed by atoms with Gasteiger partial charge in [0.05, 0.1) is 58.4 Å². The molecule has 2 aliphatic rings. The van der Waals surface area contributed by atoms with Crippen molar-refractivity contribution in [2.75, 3.05) is 43.9 Å². The van der Waals surface area contributed by atoms with Crippen LogP contribution >= 0.6 is 15.9 Å². The van der Waals surface area contributed by atoms with Gasteiger partial charge in [-0.15, -0.1) is 0 Å². The topological polar surface area (TPSA) is 152 Å². The first-order chi connectivity index (χ1) is 21.1. The van der Waals surface area contributed by atoms with Gasteiger partial charge in [-0.2, -0.15) is 0 Å². The molecule has 0 radical (unpaired) electrons.